The number of halogens is 1. The average Bonchev–Trinajstić information content (AvgIpc) is 1.93. The van der Waals surface area contributed by atoms with E-state index in [2.05, 4.69) is 16.9 Å². The first-order chi connectivity index (χ1) is 5.33. The molecule has 0 aromatic rings. The third-order valence-corrected chi connectivity index (χ3v) is 1.85. The lowest BCUT2D eigenvalue weighted by Crippen LogP contribution is -2.43. The van der Waals surface area contributed by atoms with Crippen LogP contribution >= 0.6 is 24.0 Å². The number of nitrogens with zero attached hydrogens (tertiary/aromatic N) is 1. The van der Waals surface area contributed by atoms with Gasteiger partial charge in [0, 0.05) is 6.04 Å². The number of hydrogen-bond donors (Lipinski definition) is 2. The SMILES string of the molecule is C=CCN=C(N)NC1CCC1.I. The Morgan fingerprint density at radius 1 is 1.67 bits per heavy atom. The van der Waals surface area contributed by atoms with Gasteiger partial charge in [0.2, 0.25) is 0 Å². The molecule has 70 valence electrons. The molecular weight excluding hydrogens is 265 g/mol. The van der Waals surface area contributed by atoms with Crippen molar-refractivity contribution < 1.29 is 0 Å². The van der Waals surface area contributed by atoms with Gasteiger partial charge >= 0.3 is 0 Å². The molecule has 3 N–H and O–H groups in total. The summed E-state index contributed by atoms with van der Waals surface area (Å²) in [5.74, 6) is 0.551. The Balaban J connectivity index is 0.00000121. The highest BCUT2D eigenvalue weighted by Crippen LogP contribution is 2.17. The minimum Gasteiger partial charge on any atom is -0.370 e. The van der Waals surface area contributed by atoms with Crippen LogP contribution in [0.2, 0.25) is 0 Å². The summed E-state index contributed by atoms with van der Waals surface area (Å²) in [5.41, 5.74) is 5.56. The monoisotopic (exact) mass is 281 g/mol. The van der Waals surface area contributed by atoms with E-state index in [4.69, 9.17) is 5.73 Å². The summed E-state index contributed by atoms with van der Waals surface area (Å²) in [6.07, 6.45) is 5.50. The zero-order chi connectivity index (χ0) is 8.10. The van der Waals surface area contributed by atoms with Crippen LogP contribution in [-0.4, -0.2) is 18.5 Å². The summed E-state index contributed by atoms with van der Waals surface area (Å²) in [6.45, 7) is 4.16. The summed E-state index contributed by atoms with van der Waals surface area (Å²) in [6, 6.07) is 0.573. The van der Waals surface area contributed by atoms with E-state index in [0.717, 1.165) is 0 Å². The van der Waals surface area contributed by atoms with E-state index in [-0.39, 0.29) is 24.0 Å². The Labute approximate surface area is 90.5 Å². The van der Waals surface area contributed by atoms with E-state index in [1.807, 2.05) is 0 Å². The van der Waals surface area contributed by atoms with Crippen molar-refractivity contribution in [1.82, 2.24) is 5.32 Å². The maximum atomic E-state index is 5.56. The second-order valence-electron chi connectivity index (χ2n) is 2.79. The van der Waals surface area contributed by atoms with Gasteiger partial charge in [0.25, 0.3) is 0 Å². The molecule has 0 unspecified atom stereocenters. The molecule has 0 spiro atoms. The zero-order valence-electron chi connectivity index (χ0n) is 7.12. The second-order valence-corrected chi connectivity index (χ2v) is 2.79. The molecule has 0 heterocycles. The Bertz CT molecular complexity index is 164. The molecule has 1 rings (SSSR count). The van der Waals surface area contributed by atoms with Gasteiger partial charge in [0.1, 0.15) is 0 Å². The van der Waals surface area contributed by atoms with E-state index in [1.54, 1.807) is 6.08 Å². The first kappa shape index (κ1) is 11.7. The van der Waals surface area contributed by atoms with E-state index in [9.17, 15) is 0 Å². The molecule has 12 heavy (non-hydrogen) atoms. The van der Waals surface area contributed by atoms with Gasteiger partial charge < -0.3 is 11.1 Å². The highest BCUT2D eigenvalue weighted by molar-refractivity contribution is 14.0. The number of guanidine groups is 1. The fraction of sp³-hybridized carbons (Fsp3) is 0.625. The normalized spacial score (nSPS) is 17.5. The van der Waals surface area contributed by atoms with Crippen LogP contribution in [-0.2, 0) is 0 Å². The molecule has 0 aromatic heterocycles. The van der Waals surface area contributed by atoms with Gasteiger partial charge in [-0.2, -0.15) is 0 Å². The van der Waals surface area contributed by atoms with Crippen molar-refractivity contribution in [2.45, 2.75) is 25.3 Å². The van der Waals surface area contributed by atoms with E-state index in [1.165, 1.54) is 19.3 Å². The molecule has 0 atom stereocenters. The van der Waals surface area contributed by atoms with Crippen molar-refractivity contribution >= 4 is 29.9 Å². The van der Waals surface area contributed by atoms with Crippen molar-refractivity contribution in [2.24, 2.45) is 10.7 Å². The van der Waals surface area contributed by atoms with Gasteiger partial charge in [-0.05, 0) is 19.3 Å². The van der Waals surface area contributed by atoms with Gasteiger partial charge in [-0.15, -0.1) is 30.6 Å². The first-order valence-corrected chi connectivity index (χ1v) is 4.00. The van der Waals surface area contributed by atoms with Gasteiger partial charge in [-0.1, -0.05) is 6.08 Å². The number of nitrogens with one attached hydrogen (secondary N) is 1. The third kappa shape index (κ3) is 3.94. The van der Waals surface area contributed by atoms with Crippen LogP contribution < -0.4 is 11.1 Å². The van der Waals surface area contributed by atoms with Crippen LogP contribution in [0.3, 0.4) is 0 Å². The molecule has 3 nitrogen and oxygen atoms in total. The fourth-order valence-corrected chi connectivity index (χ4v) is 0.970. The highest BCUT2D eigenvalue weighted by atomic mass is 127. The Morgan fingerprint density at radius 3 is 2.75 bits per heavy atom. The smallest absolute Gasteiger partial charge is 0.189 e. The maximum Gasteiger partial charge on any atom is 0.189 e. The van der Waals surface area contributed by atoms with Crippen molar-refractivity contribution in [3.63, 3.8) is 0 Å². The topological polar surface area (TPSA) is 50.4 Å². The fourth-order valence-electron chi connectivity index (χ4n) is 0.970. The summed E-state index contributed by atoms with van der Waals surface area (Å²) in [5, 5.41) is 3.13. The zero-order valence-corrected chi connectivity index (χ0v) is 9.45. The maximum absolute atomic E-state index is 5.56. The standard InChI is InChI=1S/C8H15N3.HI/c1-2-6-10-8(9)11-7-4-3-5-7;/h2,7H,1,3-6H2,(H3,9,10,11);1H. The minimum absolute atomic E-state index is 0. The molecule has 0 saturated heterocycles. The average molecular weight is 281 g/mol. The Morgan fingerprint density at radius 2 is 2.33 bits per heavy atom. The molecular formula is C8H16IN3. The minimum atomic E-state index is 0. The van der Waals surface area contributed by atoms with Gasteiger partial charge in [-0.25, -0.2) is 4.99 Å². The van der Waals surface area contributed by atoms with Crippen molar-refractivity contribution in [3.05, 3.63) is 12.7 Å². The van der Waals surface area contributed by atoms with Crippen molar-refractivity contribution in [3.8, 4) is 0 Å². The van der Waals surface area contributed by atoms with Crippen molar-refractivity contribution in [1.29, 1.82) is 0 Å². The summed E-state index contributed by atoms with van der Waals surface area (Å²) < 4.78 is 0. The molecule has 4 heteroatoms. The quantitative estimate of drug-likeness (QED) is 0.354. The van der Waals surface area contributed by atoms with Crippen LogP contribution in [0.4, 0.5) is 0 Å². The molecule has 0 radical (unpaired) electrons. The van der Waals surface area contributed by atoms with Crippen LogP contribution in [0.1, 0.15) is 19.3 Å². The number of hydrogen-bond acceptors (Lipinski definition) is 1. The molecule has 0 amide bonds. The third-order valence-electron chi connectivity index (χ3n) is 1.85. The van der Waals surface area contributed by atoms with E-state index < -0.39 is 0 Å². The van der Waals surface area contributed by atoms with Gasteiger partial charge in [-0.3, -0.25) is 0 Å². The predicted octanol–water partition coefficient (Wildman–Crippen LogP) is 1.25. The molecule has 0 aromatic carbocycles. The Kier molecular flexibility index (Phi) is 6.14. The summed E-state index contributed by atoms with van der Waals surface area (Å²) in [4.78, 5) is 4.03. The van der Waals surface area contributed by atoms with Crippen molar-refractivity contribution in [2.75, 3.05) is 6.54 Å². The number of rotatable bonds is 3. The molecule has 1 fully saturated rings. The summed E-state index contributed by atoms with van der Waals surface area (Å²) in [7, 11) is 0. The molecule has 0 aliphatic heterocycles. The van der Waals surface area contributed by atoms with Gasteiger partial charge in [0.15, 0.2) is 5.96 Å². The molecule has 1 aliphatic carbocycles. The number of aliphatic imine (C=N–C) groups is 1. The highest BCUT2D eigenvalue weighted by Gasteiger charge is 2.16. The number of nitrogens with two attached hydrogens (primary N) is 1. The largest absolute Gasteiger partial charge is 0.370 e. The molecule has 1 saturated carbocycles. The Hall–Kier alpha value is -0.260. The second kappa shape index (κ2) is 6.28. The lowest BCUT2D eigenvalue weighted by Gasteiger charge is -2.26. The van der Waals surface area contributed by atoms with E-state index >= 15 is 0 Å². The lowest BCUT2D eigenvalue weighted by atomic mass is 9.93. The van der Waals surface area contributed by atoms with E-state index in [0.29, 0.717) is 18.5 Å². The van der Waals surface area contributed by atoms with Crippen LogP contribution in [0, 0.1) is 0 Å². The molecule has 0 bridgehead atoms. The first-order valence-electron chi connectivity index (χ1n) is 4.00. The summed E-state index contributed by atoms with van der Waals surface area (Å²) >= 11 is 0. The van der Waals surface area contributed by atoms with Gasteiger partial charge in [0.05, 0.1) is 6.54 Å². The lowest BCUT2D eigenvalue weighted by molar-refractivity contribution is 0.382. The molecule has 1 aliphatic rings. The predicted molar refractivity (Wildman–Crippen MR) is 62.9 cm³/mol. The van der Waals surface area contributed by atoms with Crippen LogP contribution in [0.25, 0.3) is 0 Å². The van der Waals surface area contributed by atoms with Crippen LogP contribution in [0.5, 0.6) is 0 Å². The van der Waals surface area contributed by atoms with Crippen LogP contribution in [0.15, 0.2) is 17.6 Å².